The van der Waals surface area contributed by atoms with E-state index in [0.717, 1.165) is 6.42 Å². The maximum absolute atomic E-state index is 11.3. The van der Waals surface area contributed by atoms with Gasteiger partial charge < -0.3 is 21.3 Å². The molecule has 0 aromatic rings. The quantitative estimate of drug-likeness (QED) is 0.464. The number of aliphatic carboxylic acids is 1. The van der Waals surface area contributed by atoms with Gasteiger partial charge in [-0.15, -0.1) is 0 Å². The summed E-state index contributed by atoms with van der Waals surface area (Å²) in [6.07, 6.45) is -0.720. The van der Waals surface area contributed by atoms with Gasteiger partial charge in [-0.1, -0.05) is 20.3 Å². The van der Waals surface area contributed by atoms with Crippen LogP contribution in [0.1, 0.15) is 26.7 Å². The highest BCUT2D eigenvalue weighted by Gasteiger charge is 2.22. The van der Waals surface area contributed by atoms with E-state index >= 15 is 0 Å². The molecule has 0 saturated heterocycles. The van der Waals surface area contributed by atoms with Crippen molar-refractivity contribution in [3.05, 3.63) is 0 Å². The van der Waals surface area contributed by atoms with Crippen molar-refractivity contribution < 1.29 is 19.8 Å². The first-order valence-electron chi connectivity index (χ1n) is 5.32. The maximum Gasteiger partial charge on any atom is 0.320 e. The van der Waals surface area contributed by atoms with Crippen molar-refractivity contribution in [1.29, 1.82) is 0 Å². The summed E-state index contributed by atoms with van der Waals surface area (Å²) in [5.41, 5.74) is 5.20. The molecule has 0 rings (SSSR count). The summed E-state index contributed by atoms with van der Waals surface area (Å²) in [6, 6.07) is -1.22. The highest BCUT2D eigenvalue weighted by atomic mass is 16.4. The van der Waals surface area contributed by atoms with Gasteiger partial charge in [0.1, 0.15) is 12.1 Å². The van der Waals surface area contributed by atoms with Crippen LogP contribution < -0.4 is 11.1 Å². The standard InChI is InChI=1S/C10H20N2O4/c1-3-6(2)5-12-9(14)8(13)4-7(11)10(15)16/h6-8,13H,3-5,11H2,1-2H3,(H,12,14)(H,15,16). The molecular formula is C10H20N2O4. The normalized spacial score (nSPS) is 16.2. The first-order chi connectivity index (χ1) is 7.38. The second-order valence-corrected chi connectivity index (χ2v) is 3.95. The number of rotatable bonds is 7. The van der Waals surface area contributed by atoms with Gasteiger partial charge in [-0.25, -0.2) is 0 Å². The topological polar surface area (TPSA) is 113 Å². The van der Waals surface area contributed by atoms with E-state index in [1.165, 1.54) is 0 Å². The number of carbonyl (C=O) groups excluding carboxylic acids is 1. The van der Waals surface area contributed by atoms with Crippen LogP contribution in [-0.4, -0.2) is 40.8 Å². The molecule has 6 heteroatoms. The number of aliphatic hydroxyl groups is 1. The molecule has 0 spiro atoms. The van der Waals surface area contributed by atoms with Crippen molar-refractivity contribution >= 4 is 11.9 Å². The summed E-state index contributed by atoms with van der Waals surface area (Å²) < 4.78 is 0. The van der Waals surface area contributed by atoms with E-state index in [1.54, 1.807) is 0 Å². The summed E-state index contributed by atoms with van der Waals surface area (Å²) in [6.45, 7) is 4.43. The Bertz CT molecular complexity index is 245. The van der Waals surface area contributed by atoms with E-state index in [-0.39, 0.29) is 6.42 Å². The Kier molecular flexibility index (Phi) is 6.67. The summed E-state index contributed by atoms with van der Waals surface area (Å²) in [5, 5.41) is 20.4. The minimum absolute atomic E-state index is 0.276. The fourth-order valence-corrected chi connectivity index (χ4v) is 0.985. The van der Waals surface area contributed by atoms with Gasteiger partial charge in [-0.3, -0.25) is 9.59 Å². The van der Waals surface area contributed by atoms with E-state index in [4.69, 9.17) is 10.8 Å². The summed E-state index contributed by atoms with van der Waals surface area (Å²) >= 11 is 0. The van der Waals surface area contributed by atoms with E-state index in [2.05, 4.69) is 5.32 Å². The molecule has 1 amide bonds. The lowest BCUT2D eigenvalue weighted by molar-refractivity contribution is -0.140. The number of nitrogens with one attached hydrogen (secondary N) is 1. The molecule has 0 radical (unpaired) electrons. The van der Waals surface area contributed by atoms with Crippen LogP contribution in [0.3, 0.4) is 0 Å². The Morgan fingerprint density at radius 2 is 2.00 bits per heavy atom. The molecule has 0 aliphatic carbocycles. The molecule has 5 N–H and O–H groups in total. The SMILES string of the molecule is CCC(C)CNC(=O)C(O)CC(N)C(=O)O. The second-order valence-electron chi connectivity index (χ2n) is 3.95. The lowest BCUT2D eigenvalue weighted by Gasteiger charge is -2.15. The average molecular weight is 232 g/mol. The number of carboxylic acid groups (broad SMARTS) is 1. The molecule has 0 saturated carbocycles. The van der Waals surface area contributed by atoms with Crippen LogP contribution in [0.25, 0.3) is 0 Å². The van der Waals surface area contributed by atoms with Gasteiger partial charge in [0.2, 0.25) is 5.91 Å². The molecule has 3 unspecified atom stereocenters. The summed E-state index contributed by atoms with van der Waals surface area (Å²) in [5.74, 6) is -1.48. The molecular weight excluding hydrogens is 212 g/mol. The number of carboxylic acids is 1. The molecule has 0 aromatic carbocycles. The molecule has 0 aromatic heterocycles. The summed E-state index contributed by atoms with van der Waals surface area (Å²) in [7, 11) is 0. The molecule has 6 nitrogen and oxygen atoms in total. The Balaban J connectivity index is 3.95. The zero-order chi connectivity index (χ0) is 12.7. The lowest BCUT2D eigenvalue weighted by Crippen LogP contribution is -2.42. The van der Waals surface area contributed by atoms with Gasteiger partial charge in [-0.2, -0.15) is 0 Å². The van der Waals surface area contributed by atoms with Crippen LogP contribution in [0.15, 0.2) is 0 Å². The number of aliphatic hydroxyl groups excluding tert-OH is 1. The Morgan fingerprint density at radius 3 is 2.44 bits per heavy atom. The number of nitrogens with two attached hydrogens (primary N) is 1. The van der Waals surface area contributed by atoms with Crippen LogP contribution in [0, 0.1) is 5.92 Å². The van der Waals surface area contributed by atoms with Crippen molar-refractivity contribution in [3.63, 3.8) is 0 Å². The first kappa shape index (κ1) is 14.9. The van der Waals surface area contributed by atoms with E-state index in [9.17, 15) is 14.7 Å². The predicted octanol–water partition coefficient (Wildman–Crippen LogP) is -0.688. The molecule has 0 aliphatic heterocycles. The Hall–Kier alpha value is -1.14. The molecule has 0 heterocycles. The van der Waals surface area contributed by atoms with Gasteiger partial charge in [0.15, 0.2) is 0 Å². The van der Waals surface area contributed by atoms with Gasteiger partial charge in [0.05, 0.1) is 0 Å². The van der Waals surface area contributed by atoms with E-state index < -0.39 is 24.0 Å². The summed E-state index contributed by atoms with van der Waals surface area (Å²) in [4.78, 5) is 21.7. The highest BCUT2D eigenvalue weighted by molar-refractivity contribution is 5.82. The molecule has 16 heavy (non-hydrogen) atoms. The van der Waals surface area contributed by atoms with Gasteiger partial charge in [-0.05, 0) is 5.92 Å². The van der Waals surface area contributed by atoms with E-state index in [1.807, 2.05) is 13.8 Å². The van der Waals surface area contributed by atoms with Crippen LogP contribution in [0.4, 0.5) is 0 Å². The van der Waals surface area contributed by atoms with Crippen molar-refractivity contribution in [2.24, 2.45) is 11.7 Å². The number of amides is 1. The van der Waals surface area contributed by atoms with Gasteiger partial charge in [0, 0.05) is 13.0 Å². The number of hydrogen-bond donors (Lipinski definition) is 4. The van der Waals surface area contributed by atoms with Crippen LogP contribution in [0.2, 0.25) is 0 Å². The first-order valence-corrected chi connectivity index (χ1v) is 5.32. The zero-order valence-corrected chi connectivity index (χ0v) is 9.64. The Labute approximate surface area is 94.8 Å². The molecule has 0 aliphatic rings. The Morgan fingerprint density at radius 1 is 1.44 bits per heavy atom. The second kappa shape index (κ2) is 7.19. The van der Waals surface area contributed by atoms with Gasteiger partial charge in [0.25, 0.3) is 0 Å². The monoisotopic (exact) mass is 232 g/mol. The highest BCUT2D eigenvalue weighted by Crippen LogP contribution is 2.00. The maximum atomic E-state index is 11.3. The third kappa shape index (κ3) is 5.67. The predicted molar refractivity (Wildman–Crippen MR) is 58.7 cm³/mol. The van der Waals surface area contributed by atoms with E-state index in [0.29, 0.717) is 12.5 Å². The smallest absolute Gasteiger partial charge is 0.320 e. The minimum Gasteiger partial charge on any atom is -0.480 e. The van der Waals surface area contributed by atoms with Crippen molar-refractivity contribution in [2.75, 3.05) is 6.54 Å². The third-order valence-corrected chi connectivity index (χ3v) is 2.42. The number of carbonyl (C=O) groups is 2. The minimum atomic E-state index is -1.37. The zero-order valence-electron chi connectivity index (χ0n) is 9.64. The van der Waals surface area contributed by atoms with Gasteiger partial charge >= 0.3 is 5.97 Å². The fourth-order valence-electron chi connectivity index (χ4n) is 0.985. The van der Waals surface area contributed by atoms with Crippen molar-refractivity contribution in [3.8, 4) is 0 Å². The molecule has 0 fully saturated rings. The van der Waals surface area contributed by atoms with Crippen LogP contribution in [0.5, 0.6) is 0 Å². The molecule has 0 bridgehead atoms. The lowest BCUT2D eigenvalue weighted by atomic mass is 10.1. The van der Waals surface area contributed by atoms with Crippen molar-refractivity contribution in [1.82, 2.24) is 5.32 Å². The number of hydrogen-bond acceptors (Lipinski definition) is 4. The van der Waals surface area contributed by atoms with Crippen LogP contribution >= 0.6 is 0 Å². The van der Waals surface area contributed by atoms with Crippen LogP contribution in [-0.2, 0) is 9.59 Å². The fraction of sp³-hybridized carbons (Fsp3) is 0.800. The third-order valence-electron chi connectivity index (χ3n) is 2.42. The molecule has 3 atom stereocenters. The largest absolute Gasteiger partial charge is 0.480 e. The average Bonchev–Trinajstić information content (AvgIpc) is 2.24. The van der Waals surface area contributed by atoms with Crippen molar-refractivity contribution in [2.45, 2.75) is 38.8 Å². The molecule has 94 valence electrons.